The first kappa shape index (κ1) is 16.9. The van der Waals surface area contributed by atoms with Gasteiger partial charge in [-0.15, -0.1) is 0 Å². The number of carbonyl (C=O) groups excluding carboxylic acids is 1. The maximum absolute atomic E-state index is 12.0. The fraction of sp³-hybridized carbons (Fsp3) is 0.389. The molecular formula is C18H24N4O. The first-order chi connectivity index (χ1) is 10.7. The number of anilines is 2. The first-order valence-electron chi connectivity index (χ1n) is 7.76. The van der Waals surface area contributed by atoms with Crippen LogP contribution in [0.2, 0.25) is 0 Å². The van der Waals surface area contributed by atoms with Crippen LogP contribution in [0.4, 0.5) is 11.5 Å². The second-order valence-electron chi connectivity index (χ2n) is 6.89. The Hall–Kier alpha value is -2.43. The molecule has 2 N–H and O–H groups in total. The Morgan fingerprint density at radius 1 is 1.04 bits per heavy atom. The third-order valence-corrected chi connectivity index (χ3v) is 3.22. The van der Waals surface area contributed by atoms with Crippen LogP contribution in [0, 0.1) is 0 Å². The highest BCUT2D eigenvalue weighted by atomic mass is 16.2. The average molecular weight is 312 g/mol. The molecule has 0 fully saturated rings. The molecule has 0 saturated carbocycles. The molecule has 5 heteroatoms. The summed E-state index contributed by atoms with van der Waals surface area (Å²) in [5.74, 6) is 0.886. The van der Waals surface area contributed by atoms with Crippen LogP contribution in [-0.2, 0) is 0 Å². The van der Waals surface area contributed by atoms with Gasteiger partial charge in [0.15, 0.2) is 0 Å². The zero-order chi connectivity index (χ0) is 17.0. The summed E-state index contributed by atoms with van der Waals surface area (Å²) in [5.41, 5.74) is 2.24. The molecule has 0 radical (unpaired) electrons. The molecule has 0 atom stereocenters. The number of benzene rings is 1. The van der Waals surface area contributed by atoms with Crippen molar-refractivity contribution in [2.24, 2.45) is 0 Å². The van der Waals surface area contributed by atoms with E-state index in [1.807, 2.05) is 32.9 Å². The third kappa shape index (κ3) is 5.06. The molecule has 1 aromatic heterocycles. The average Bonchev–Trinajstić information content (AvgIpc) is 2.46. The molecule has 0 saturated heterocycles. The number of hydrogen-bond donors (Lipinski definition) is 2. The fourth-order valence-electron chi connectivity index (χ4n) is 2.01. The minimum Gasteiger partial charge on any atom is -0.346 e. The van der Waals surface area contributed by atoms with Crippen LogP contribution >= 0.6 is 0 Å². The van der Waals surface area contributed by atoms with Crippen molar-refractivity contribution in [1.82, 2.24) is 15.3 Å². The molecule has 0 aliphatic rings. The largest absolute Gasteiger partial charge is 0.346 e. The molecule has 0 spiro atoms. The van der Waals surface area contributed by atoms with Gasteiger partial charge < -0.3 is 10.6 Å². The van der Waals surface area contributed by atoms with E-state index < -0.39 is 0 Å². The second-order valence-corrected chi connectivity index (χ2v) is 6.89. The summed E-state index contributed by atoms with van der Waals surface area (Å²) in [7, 11) is 0. The van der Waals surface area contributed by atoms with E-state index in [1.165, 1.54) is 11.8 Å². The molecule has 0 bridgehead atoms. The molecule has 0 aliphatic heterocycles. The summed E-state index contributed by atoms with van der Waals surface area (Å²) in [5, 5.41) is 6.04. The van der Waals surface area contributed by atoms with Gasteiger partial charge in [0, 0.05) is 11.2 Å². The minimum absolute atomic E-state index is 0.224. The van der Waals surface area contributed by atoms with Gasteiger partial charge in [0.25, 0.3) is 5.91 Å². The van der Waals surface area contributed by atoms with Crippen molar-refractivity contribution >= 4 is 17.4 Å². The van der Waals surface area contributed by atoms with E-state index in [9.17, 15) is 4.79 Å². The van der Waals surface area contributed by atoms with Gasteiger partial charge in [0.05, 0.1) is 12.4 Å². The topological polar surface area (TPSA) is 66.9 Å². The van der Waals surface area contributed by atoms with E-state index in [2.05, 4.69) is 46.6 Å². The van der Waals surface area contributed by atoms with Gasteiger partial charge in [-0.05, 0) is 44.4 Å². The van der Waals surface area contributed by atoms with Crippen LogP contribution in [0.3, 0.4) is 0 Å². The van der Waals surface area contributed by atoms with E-state index >= 15 is 0 Å². The standard InChI is InChI=1S/C18H24N4O/c1-12(2)13-6-8-14(9-7-13)21-16-11-19-15(10-20-16)17(23)22-18(3,4)5/h6-12H,1-5H3,(H,20,21)(H,22,23). The van der Waals surface area contributed by atoms with E-state index in [0.29, 0.717) is 17.4 Å². The van der Waals surface area contributed by atoms with Crippen molar-refractivity contribution in [3.63, 3.8) is 0 Å². The normalized spacial score (nSPS) is 11.4. The number of nitrogens with zero attached hydrogens (tertiary/aromatic N) is 2. The van der Waals surface area contributed by atoms with Gasteiger partial charge in [-0.1, -0.05) is 26.0 Å². The maximum Gasteiger partial charge on any atom is 0.271 e. The number of aromatic nitrogens is 2. The van der Waals surface area contributed by atoms with Crippen molar-refractivity contribution in [3.8, 4) is 0 Å². The van der Waals surface area contributed by atoms with Gasteiger partial charge in [-0.25, -0.2) is 9.97 Å². The molecule has 23 heavy (non-hydrogen) atoms. The molecule has 122 valence electrons. The van der Waals surface area contributed by atoms with Crippen molar-refractivity contribution < 1.29 is 4.79 Å². The van der Waals surface area contributed by atoms with Crippen LogP contribution in [0.15, 0.2) is 36.7 Å². The second kappa shape index (κ2) is 6.77. The number of rotatable bonds is 4. The van der Waals surface area contributed by atoms with Gasteiger partial charge in [0.1, 0.15) is 11.5 Å². The zero-order valence-corrected chi connectivity index (χ0v) is 14.3. The molecule has 1 aromatic carbocycles. The maximum atomic E-state index is 12.0. The summed E-state index contributed by atoms with van der Waals surface area (Å²) >= 11 is 0. The number of nitrogens with one attached hydrogen (secondary N) is 2. The predicted molar refractivity (Wildman–Crippen MR) is 93.1 cm³/mol. The minimum atomic E-state index is -0.298. The Morgan fingerprint density at radius 2 is 1.70 bits per heavy atom. The summed E-state index contributed by atoms with van der Waals surface area (Å²) < 4.78 is 0. The Kier molecular flexibility index (Phi) is 4.98. The lowest BCUT2D eigenvalue weighted by molar-refractivity contribution is 0.0914. The molecule has 1 heterocycles. The molecule has 0 unspecified atom stereocenters. The van der Waals surface area contributed by atoms with Gasteiger partial charge in [-0.3, -0.25) is 4.79 Å². The smallest absolute Gasteiger partial charge is 0.271 e. The Bertz CT molecular complexity index is 655. The summed E-state index contributed by atoms with van der Waals surface area (Å²) in [6.07, 6.45) is 3.04. The highest BCUT2D eigenvalue weighted by molar-refractivity contribution is 5.92. The molecule has 0 aliphatic carbocycles. The summed E-state index contributed by atoms with van der Waals surface area (Å²) in [6.45, 7) is 10.1. The van der Waals surface area contributed by atoms with Crippen LogP contribution < -0.4 is 10.6 Å². The number of hydrogen-bond acceptors (Lipinski definition) is 4. The van der Waals surface area contributed by atoms with Gasteiger partial charge in [0.2, 0.25) is 0 Å². The molecule has 1 amide bonds. The molecule has 2 aromatic rings. The highest BCUT2D eigenvalue weighted by Crippen LogP contribution is 2.19. The van der Waals surface area contributed by atoms with Crippen LogP contribution in [-0.4, -0.2) is 21.4 Å². The van der Waals surface area contributed by atoms with Crippen LogP contribution in [0.1, 0.15) is 56.6 Å². The number of amides is 1. The number of carbonyl (C=O) groups is 1. The van der Waals surface area contributed by atoms with E-state index in [-0.39, 0.29) is 11.4 Å². The summed E-state index contributed by atoms with van der Waals surface area (Å²) in [4.78, 5) is 20.4. The lowest BCUT2D eigenvalue weighted by Crippen LogP contribution is -2.40. The Labute approximate surface area is 137 Å². The van der Waals surface area contributed by atoms with Crippen molar-refractivity contribution in [2.75, 3.05) is 5.32 Å². The molecular weight excluding hydrogens is 288 g/mol. The third-order valence-electron chi connectivity index (χ3n) is 3.22. The monoisotopic (exact) mass is 312 g/mol. The predicted octanol–water partition coefficient (Wildman–Crippen LogP) is 3.87. The fourth-order valence-corrected chi connectivity index (χ4v) is 2.01. The lowest BCUT2D eigenvalue weighted by Gasteiger charge is -2.19. The van der Waals surface area contributed by atoms with Crippen LogP contribution in [0.5, 0.6) is 0 Å². The molecule has 5 nitrogen and oxygen atoms in total. The summed E-state index contributed by atoms with van der Waals surface area (Å²) in [6, 6.07) is 8.20. The zero-order valence-electron chi connectivity index (χ0n) is 14.3. The van der Waals surface area contributed by atoms with E-state index in [1.54, 1.807) is 6.20 Å². The Balaban J connectivity index is 2.03. The highest BCUT2D eigenvalue weighted by Gasteiger charge is 2.16. The van der Waals surface area contributed by atoms with Gasteiger partial charge in [-0.2, -0.15) is 0 Å². The SMILES string of the molecule is CC(C)c1ccc(Nc2cnc(C(=O)NC(C)(C)C)cn2)cc1. The van der Waals surface area contributed by atoms with Crippen LogP contribution in [0.25, 0.3) is 0 Å². The van der Waals surface area contributed by atoms with E-state index in [0.717, 1.165) is 5.69 Å². The van der Waals surface area contributed by atoms with Crippen molar-refractivity contribution in [3.05, 3.63) is 47.9 Å². The van der Waals surface area contributed by atoms with E-state index in [4.69, 9.17) is 0 Å². The Morgan fingerprint density at radius 3 is 2.17 bits per heavy atom. The molecule has 2 rings (SSSR count). The van der Waals surface area contributed by atoms with Crippen molar-refractivity contribution in [2.45, 2.75) is 46.1 Å². The first-order valence-corrected chi connectivity index (χ1v) is 7.76. The van der Waals surface area contributed by atoms with Crippen molar-refractivity contribution in [1.29, 1.82) is 0 Å². The van der Waals surface area contributed by atoms with Gasteiger partial charge >= 0.3 is 0 Å². The quantitative estimate of drug-likeness (QED) is 0.899. The lowest BCUT2D eigenvalue weighted by atomic mass is 10.0.